The van der Waals surface area contributed by atoms with Crippen LogP contribution < -0.4 is 38.5 Å². The van der Waals surface area contributed by atoms with Gasteiger partial charge in [0.15, 0.2) is 68.9 Å². The van der Waals surface area contributed by atoms with Crippen LogP contribution in [0.3, 0.4) is 0 Å². The fraction of sp³-hybridized carbons (Fsp3) is 0.647. The molecular weight excluding hydrogens is 1100 g/mol. The lowest BCUT2D eigenvalue weighted by Gasteiger charge is -2.42. The van der Waals surface area contributed by atoms with Crippen LogP contribution >= 0.6 is 0 Å². The predicted molar refractivity (Wildman–Crippen MR) is 347 cm³/mol. The van der Waals surface area contributed by atoms with Crippen molar-refractivity contribution in [1.82, 2.24) is 58.4 Å². The molecule has 0 radical (unpaired) electrons. The van der Waals surface area contributed by atoms with Crippen LogP contribution in [0.1, 0.15) is 234 Å². The van der Waals surface area contributed by atoms with Gasteiger partial charge in [-0.25, -0.2) is 38.0 Å². The van der Waals surface area contributed by atoms with Crippen molar-refractivity contribution in [2.24, 2.45) is 0 Å². The maximum atomic E-state index is 6.25. The van der Waals surface area contributed by atoms with Gasteiger partial charge in [0.05, 0.1) is 73.7 Å². The summed E-state index contributed by atoms with van der Waals surface area (Å²) in [7, 11) is 0. The monoisotopic (exact) mass is 1200 g/mol. The van der Waals surface area contributed by atoms with Crippen LogP contribution in [-0.2, 0) is 0 Å². The Balaban J connectivity index is 0.000000108. The van der Waals surface area contributed by atoms with E-state index in [1.165, 1.54) is 73.6 Å². The summed E-state index contributed by atoms with van der Waals surface area (Å²) in [5.41, 5.74) is 8.61. The smallest absolute Gasteiger partial charge is 0.180 e. The zero-order valence-electron chi connectivity index (χ0n) is 55.1. The Morgan fingerprint density at radius 2 is 0.511 bits per heavy atom. The van der Waals surface area contributed by atoms with Crippen molar-refractivity contribution in [3.8, 4) is 23.0 Å². The number of nitrogens with zero attached hydrogens (tertiary/aromatic N) is 16. The maximum Gasteiger partial charge on any atom is 0.180 e. The van der Waals surface area contributed by atoms with Crippen LogP contribution in [0, 0.1) is 0 Å². The molecule has 0 N–H and O–H groups in total. The Morgan fingerprint density at radius 3 is 0.693 bits per heavy atom. The average molecular weight is 1200 g/mol. The summed E-state index contributed by atoms with van der Waals surface area (Å²) in [6.07, 6.45) is 31.3. The van der Waals surface area contributed by atoms with Crippen molar-refractivity contribution in [2.45, 2.75) is 284 Å². The minimum Gasteiger partial charge on any atom is -0.483 e. The van der Waals surface area contributed by atoms with Gasteiger partial charge < -0.3 is 38.5 Å². The molecule has 8 aromatic rings. The van der Waals surface area contributed by atoms with Gasteiger partial charge in [-0.2, -0.15) is 20.4 Å². The van der Waals surface area contributed by atoms with Gasteiger partial charge in [0.2, 0.25) is 0 Å². The highest BCUT2D eigenvalue weighted by atomic mass is 16.5. The van der Waals surface area contributed by atoms with Crippen molar-refractivity contribution in [3.05, 3.63) is 71.8 Å². The molecule has 8 aromatic heterocycles. The summed E-state index contributed by atoms with van der Waals surface area (Å²) >= 11 is 0. The molecule has 4 aliphatic carbocycles. The van der Waals surface area contributed by atoms with Gasteiger partial charge in [0, 0.05) is 46.4 Å². The molecule has 0 unspecified atom stereocenters. The summed E-state index contributed by atoms with van der Waals surface area (Å²) in [6.45, 7) is 35.4. The Kier molecular flexibility index (Phi) is 16.1. The van der Waals surface area contributed by atoms with Crippen LogP contribution in [0.5, 0.6) is 23.0 Å². The van der Waals surface area contributed by atoms with E-state index < -0.39 is 0 Å². The normalized spacial score (nSPS) is 24.0. The molecule has 0 saturated heterocycles. The first kappa shape index (κ1) is 59.8. The van der Waals surface area contributed by atoms with Crippen LogP contribution in [0.2, 0.25) is 0 Å². The second-order valence-electron chi connectivity index (χ2n) is 28.4. The molecule has 0 spiro atoms. The highest BCUT2D eigenvalue weighted by Gasteiger charge is 2.46. The van der Waals surface area contributed by atoms with E-state index in [1.54, 1.807) is 0 Å². The van der Waals surface area contributed by atoms with Gasteiger partial charge in [-0.1, -0.05) is 55.4 Å². The molecule has 88 heavy (non-hydrogen) atoms. The van der Waals surface area contributed by atoms with Gasteiger partial charge in [0.1, 0.15) is 24.4 Å². The van der Waals surface area contributed by atoms with E-state index in [2.05, 4.69) is 151 Å². The number of hydrogen-bond acceptors (Lipinski definition) is 16. The fourth-order valence-corrected chi connectivity index (χ4v) is 15.6. The van der Waals surface area contributed by atoms with Gasteiger partial charge in [-0.15, -0.1) is 0 Å². The number of rotatable bonds is 8. The highest BCUT2D eigenvalue weighted by molar-refractivity contribution is 5.66. The molecular formula is C68H96N16O4. The van der Waals surface area contributed by atoms with Crippen LogP contribution in [-0.4, -0.2) is 131 Å². The second-order valence-corrected chi connectivity index (χ2v) is 28.4. The predicted octanol–water partition coefficient (Wildman–Crippen LogP) is 13.5. The first-order valence-corrected chi connectivity index (χ1v) is 33.6. The van der Waals surface area contributed by atoms with Crippen molar-refractivity contribution >= 4 is 45.9 Å². The molecule has 8 aliphatic rings. The molecule has 0 aromatic carbocycles. The highest BCUT2D eigenvalue weighted by Crippen LogP contribution is 2.47. The quantitative estimate of drug-likeness (QED) is 0.141. The van der Waals surface area contributed by atoms with E-state index in [0.29, 0.717) is 96.4 Å². The topological polar surface area (TPSA) is 171 Å². The molecule has 20 nitrogen and oxygen atoms in total. The van der Waals surface area contributed by atoms with Crippen molar-refractivity contribution in [2.75, 3.05) is 19.6 Å². The van der Waals surface area contributed by atoms with Crippen LogP contribution in [0.15, 0.2) is 49.6 Å². The van der Waals surface area contributed by atoms with E-state index in [0.717, 1.165) is 94.5 Å². The van der Waals surface area contributed by atoms with E-state index in [4.69, 9.17) is 38.9 Å². The summed E-state index contributed by atoms with van der Waals surface area (Å²) in [5, 5.41) is 17.8. The SMILES string of the molecule is CC(C)c1cnn2cc3c(nc12)N(C(C)C)[C@@H]1CCC[C@@H]1O3.CC(C)c1cnn2cc3c(nc12)N(C(C)C)[C@@H]1CCC[C@H]1O3.CC(C)c1cnn2cc3c(nc12)N(C(C)C)[C@H]1CCC[C@@H]1O3.CC(C)c1cnn2cc3c(nc12)N(C(C)C)[C@H]1CCC[C@H]1O3. The van der Waals surface area contributed by atoms with E-state index >= 15 is 0 Å². The first-order valence-electron chi connectivity index (χ1n) is 33.6. The maximum absolute atomic E-state index is 6.25. The molecule has 20 heteroatoms. The van der Waals surface area contributed by atoms with Crippen molar-refractivity contribution in [3.63, 3.8) is 0 Å². The summed E-state index contributed by atoms with van der Waals surface area (Å²) in [5.74, 6) is 9.15. The van der Waals surface area contributed by atoms with Crippen LogP contribution in [0.25, 0.3) is 22.6 Å². The van der Waals surface area contributed by atoms with Gasteiger partial charge in [-0.3, -0.25) is 0 Å². The third-order valence-electron chi connectivity index (χ3n) is 19.8. The number of ether oxygens (including phenoxy) is 4. The lowest BCUT2D eigenvalue weighted by molar-refractivity contribution is 0.165. The second kappa shape index (κ2) is 23.7. The zero-order chi connectivity index (χ0) is 61.7. The minimum atomic E-state index is 0.300. The molecule has 4 fully saturated rings. The first-order chi connectivity index (χ1) is 42.2. The number of anilines is 4. The molecule has 8 atom stereocenters. The van der Waals surface area contributed by atoms with Gasteiger partial charge >= 0.3 is 0 Å². The molecule has 4 saturated carbocycles. The summed E-state index contributed by atoms with van der Waals surface area (Å²) in [6, 6.07) is 3.56. The third-order valence-corrected chi connectivity index (χ3v) is 19.8. The summed E-state index contributed by atoms with van der Waals surface area (Å²) < 4.78 is 32.4. The standard InChI is InChI=1S/4C17H24N4O/c4*1-10(2)12-8-18-20-9-15-17(19-16(12)20)21(11(3)4)13-6-5-7-14(13)22-15/h4*8-11,13-14H,5-7H2,1-4H3/t2*13-,14+;2*13-,14-/m1010/s1. The molecule has 4 aliphatic heterocycles. The lowest BCUT2D eigenvalue weighted by Crippen LogP contribution is -2.50. The van der Waals surface area contributed by atoms with E-state index in [1.807, 2.05) is 67.6 Å². The summed E-state index contributed by atoms with van der Waals surface area (Å²) in [4.78, 5) is 29.7. The lowest BCUT2D eigenvalue weighted by atomic mass is 10.1. The number of hydrogen-bond donors (Lipinski definition) is 0. The Bertz CT molecular complexity index is 3310. The Labute approximate surface area is 519 Å². The Morgan fingerprint density at radius 1 is 0.307 bits per heavy atom. The fourth-order valence-electron chi connectivity index (χ4n) is 15.6. The van der Waals surface area contributed by atoms with E-state index in [-0.39, 0.29) is 0 Å². The molecule has 0 amide bonds. The molecule has 12 heterocycles. The zero-order valence-corrected chi connectivity index (χ0v) is 55.1. The van der Waals surface area contributed by atoms with Crippen molar-refractivity contribution < 1.29 is 18.9 Å². The third kappa shape index (κ3) is 10.6. The van der Waals surface area contributed by atoms with E-state index in [9.17, 15) is 0 Å². The van der Waals surface area contributed by atoms with Crippen molar-refractivity contribution in [1.29, 1.82) is 0 Å². The number of fused-ring (bicyclic) bond motifs is 12. The average Bonchev–Trinajstić information content (AvgIpc) is 1.79. The largest absolute Gasteiger partial charge is 0.483 e. The Hall–Kier alpha value is -7.12. The minimum absolute atomic E-state index is 0.300. The van der Waals surface area contributed by atoms with Gasteiger partial charge in [0.25, 0.3) is 0 Å². The molecule has 16 rings (SSSR count). The van der Waals surface area contributed by atoms with Crippen LogP contribution in [0.4, 0.5) is 23.3 Å². The van der Waals surface area contributed by atoms with Gasteiger partial charge in [-0.05, 0) is 156 Å². The molecule has 472 valence electrons. The molecule has 0 bridgehead atoms. The number of aromatic nitrogens is 12.